The van der Waals surface area contributed by atoms with Gasteiger partial charge in [-0.1, -0.05) is 0 Å². The molecule has 19 heavy (non-hydrogen) atoms. The molecule has 2 fully saturated rings. The third kappa shape index (κ3) is 3.69. The van der Waals surface area contributed by atoms with Gasteiger partial charge < -0.3 is 15.1 Å². The van der Waals surface area contributed by atoms with Gasteiger partial charge in [-0.3, -0.25) is 9.59 Å². The van der Waals surface area contributed by atoms with Crippen LogP contribution in [0, 0.1) is 0 Å². The number of carbonyl (C=O) groups excluding carboxylic acids is 2. The number of piperidine rings is 1. The topological polar surface area (TPSA) is 52.7 Å². The van der Waals surface area contributed by atoms with E-state index in [4.69, 9.17) is 0 Å². The van der Waals surface area contributed by atoms with Crippen LogP contribution in [0.25, 0.3) is 0 Å². The van der Waals surface area contributed by atoms with Crippen LogP contribution in [0.2, 0.25) is 0 Å². The molecule has 0 aromatic carbocycles. The smallest absolute Gasteiger partial charge is 0.242 e. The Bertz CT molecular complexity index is 333. The summed E-state index contributed by atoms with van der Waals surface area (Å²) < 4.78 is 0. The third-order valence-corrected chi connectivity index (χ3v) is 4.17. The normalized spacial score (nSPS) is 24.1. The van der Waals surface area contributed by atoms with Crippen molar-refractivity contribution in [1.29, 1.82) is 0 Å². The minimum Gasteiger partial charge on any atom is -0.338 e. The predicted molar refractivity (Wildman–Crippen MR) is 73.7 cm³/mol. The van der Waals surface area contributed by atoms with Gasteiger partial charge in [-0.2, -0.15) is 0 Å². The Hall–Kier alpha value is -1.10. The maximum Gasteiger partial charge on any atom is 0.242 e. The molecule has 0 saturated carbocycles. The van der Waals surface area contributed by atoms with E-state index in [1.165, 1.54) is 6.42 Å². The summed E-state index contributed by atoms with van der Waals surface area (Å²) in [5.74, 6) is 0.271. The summed E-state index contributed by atoms with van der Waals surface area (Å²) in [6, 6.07) is 0.353. The Balaban J connectivity index is 1.89. The van der Waals surface area contributed by atoms with Gasteiger partial charge in [0.15, 0.2) is 0 Å². The summed E-state index contributed by atoms with van der Waals surface area (Å²) in [5.41, 5.74) is 0. The number of nitrogens with zero attached hydrogens (tertiary/aromatic N) is 2. The highest BCUT2D eigenvalue weighted by Gasteiger charge is 2.29. The lowest BCUT2D eigenvalue weighted by Gasteiger charge is -2.36. The largest absolute Gasteiger partial charge is 0.338 e. The summed E-state index contributed by atoms with van der Waals surface area (Å²) in [4.78, 5) is 27.7. The highest BCUT2D eigenvalue weighted by molar-refractivity contribution is 5.86. The standard InChI is InChI=1S/C14H25N3O2/c1-15-8-7-12-5-2-3-10-17(12)14(19)11-16-9-4-6-13(16)18/h12,15H,2-11H2,1H3. The van der Waals surface area contributed by atoms with Crippen LogP contribution in [0.15, 0.2) is 0 Å². The van der Waals surface area contributed by atoms with Crippen molar-refractivity contribution in [2.24, 2.45) is 0 Å². The van der Waals surface area contributed by atoms with Crippen LogP contribution in [-0.4, -0.2) is 60.9 Å². The van der Waals surface area contributed by atoms with Crippen LogP contribution in [0.5, 0.6) is 0 Å². The van der Waals surface area contributed by atoms with E-state index < -0.39 is 0 Å². The van der Waals surface area contributed by atoms with Gasteiger partial charge in [-0.05, 0) is 45.7 Å². The van der Waals surface area contributed by atoms with Crippen molar-refractivity contribution < 1.29 is 9.59 Å². The number of hydrogen-bond donors (Lipinski definition) is 1. The van der Waals surface area contributed by atoms with E-state index in [1.807, 2.05) is 11.9 Å². The quantitative estimate of drug-likeness (QED) is 0.793. The summed E-state index contributed by atoms with van der Waals surface area (Å²) in [6.45, 7) is 2.83. The predicted octanol–water partition coefficient (Wildman–Crippen LogP) is 0.599. The first-order chi connectivity index (χ1) is 9.22. The molecule has 0 aliphatic carbocycles. The number of rotatable bonds is 5. The highest BCUT2D eigenvalue weighted by atomic mass is 16.2. The number of nitrogens with one attached hydrogen (secondary N) is 1. The molecule has 2 rings (SSSR count). The molecule has 0 aromatic rings. The lowest BCUT2D eigenvalue weighted by molar-refractivity contribution is -0.141. The van der Waals surface area contributed by atoms with Gasteiger partial charge in [0.2, 0.25) is 11.8 Å². The Morgan fingerprint density at radius 1 is 1.32 bits per heavy atom. The van der Waals surface area contributed by atoms with E-state index in [0.29, 0.717) is 12.5 Å². The Morgan fingerprint density at radius 2 is 2.16 bits per heavy atom. The number of carbonyl (C=O) groups is 2. The molecule has 1 N–H and O–H groups in total. The van der Waals surface area contributed by atoms with Crippen LogP contribution in [0.4, 0.5) is 0 Å². The van der Waals surface area contributed by atoms with Crippen LogP contribution < -0.4 is 5.32 Å². The molecule has 2 saturated heterocycles. The number of amides is 2. The van der Waals surface area contributed by atoms with E-state index in [1.54, 1.807) is 4.90 Å². The molecule has 2 aliphatic rings. The maximum atomic E-state index is 12.4. The molecule has 2 heterocycles. The van der Waals surface area contributed by atoms with E-state index in [2.05, 4.69) is 5.32 Å². The van der Waals surface area contributed by atoms with Gasteiger partial charge in [0.25, 0.3) is 0 Å². The second kappa shape index (κ2) is 6.89. The van der Waals surface area contributed by atoms with Crippen molar-refractivity contribution in [3.8, 4) is 0 Å². The first-order valence-corrected chi connectivity index (χ1v) is 7.44. The number of hydrogen-bond acceptors (Lipinski definition) is 3. The molecule has 0 bridgehead atoms. The fraction of sp³-hybridized carbons (Fsp3) is 0.857. The van der Waals surface area contributed by atoms with Crippen molar-refractivity contribution >= 4 is 11.8 Å². The van der Waals surface area contributed by atoms with Gasteiger partial charge in [0.1, 0.15) is 0 Å². The van der Waals surface area contributed by atoms with Crippen LogP contribution in [0.1, 0.15) is 38.5 Å². The first-order valence-electron chi connectivity index (χ1n) is 7.44. The molecule has 2 aliphatic heterocycles. The molecular formula is C14H25N3O2. The zero-order chi connectivity index (χ0) is 13.7. The third-order valence-electron chi connectivity index (χ3n) is 4.17. The lowest BCUT2D eigenvalue weighted by atomic mass is 9.99. The van der Waals surface area contributed by atoms with Crippen molar-refractivity contribution in [3.63, 3.8) is 0 Å². The molecule has 1 atom stereocenters. The van der Waals surface area contributed by atoms with Crippen LogP contribution in [-0.2, 0) is 9.59 Å². The van der Waals surface area contributed by atoms with Gasteiger partial charge in [0, 0.05) is 25.6 Å². The van der Waals surface area contributed by atoms with E-state index >= 15 is 0 Å². The Labute approximate surface area is 115 Å². The first kappa shape index (κ1) is 14.3. The average Bonchev–Trinajstić information content (AvgIpc) is 2.82. The molecule has 5 nitrogen and oxygen atoms in total. The SMILES string of the molecule is CNCCC1CCCCN1C(=O)CN1CCCC1=O. The fourth-order valence-corrected chi connectivity index (χ4v) is 3.07. The minimum absolute atomic E-state index is 0.135. The van der Waals surface area contributed by atoms with E-state index in [-0.39, 0.29) is 18.4 Å². The molecule has 108 valence electrons. The molecule has 0 spiro atoms. The van der Waals surface area contributed by atoms with E-state index in [9.17, 15) is 9.59 Å². The monoisotopic (exact) mass is 267 g/mol. The minimum atomic E-state index is 0.135. The second-order valence-electron chi connectivity index (χ2n) is 5.55. The highest BCUT2D eigenvalue weighted by Crippen LogP contribution is 2.20. The maximum absolute atomic E-state index is 12.4. The summed E-state index contributed by atoms with van der Waals surface area (Å²) in [7, 11) is 1.94. The summed E-state index contributed by atoms with van der Waals surface area (Å²) >= 11 is 0. The van der Waals surface area contributed by atoms with Gasteiger partial charge >= 0.3 is 0 Å². The molecule has 0 aromatic heterocycles. The Kier molecular flexibility index (Phi) is 5.19. The van der Waals surface area contributed by atoms with Crippen LogP contribution >= 0.6 is 0 Å². The molecular weight excluding hydrogens is 242 g/mol. The van der Waals surface area contributed by atoms with Crippen molar-refractivity contribution in [3.05, 3.63) is 0 Å². The molecule has 5 heteroatoms. The Morgan fingerprint density at radius 3 is 2.84 bits per heavy atom. The van der Waals surface area contributed by atoms with Gasteiger partial charge in [-0.25, -0.2) is 0 Å². The lowest BCUT2D eigenvalue weighted by Crippen LogP contribution is -2.49. The fourth-order valence-electron chi connectivity index (χ4n) is 3.07. The zero-order valence-electron chi connectivity index (χ0n) is 11.9. The van der Waals surface area contributed by atoms with Crippen molar-refractivity contribution in [2.45, 2.75) is 44.6 Å². The molecule has 2 amide bonds. The molecule has 1 unspecified atom stereocenters. The van der Waals surface area contributed by atoms with Gasteiger partial charge in [-0.15, -0.1) is 0 Å². The second-order valence-corrected chi connectivity index (χ2v) is 5.55. The summed E-state index contributed by atoms with van der Waals surface area (Å²) in [5, 5.41) is 3.15. The number of likely N-dealkylation sites (tertiary alicyclic amines) is 2. The van der Waals surface area contributed by atoms with Gasteiger partial charge in [0.05, 0.1) is 6.54 Å². The van der Waals surface area contributed by atoms with Crippen LogP contribution in [0.3, 0.4) is 0 Å². The van der Waals surface area contributed by atoms with E-state index in [0.717, 1.165) is 45.3 Å². The molecule has 0 radical (unpaired) electrons. The van der Waals surface area contributed by atoms with Crippen molar-refractivity contribution in [2.75, 3.05) is 33.2 Å². The van der Waals surface area contributed by atoms with Crippen molar-refractivity contribution in [1.82, 2.24) is 15.1 Å². The summed E-state index contributed by atoms with van der Waals surface area (Å²) in [6.07, 6.45) is 5.92. The zero-order valence-corrected chi connectivity index (χ0v) is 11.9. The average molecular weight is 267 g/mol.